The second kappa shape index (κ2) is 14.6. The average Bonchev–Trinajstić information content (AvgIpc) is 3.62. The molecule has 1 aromatic heterocycles. The lowest BCUT2D eigenvalue weighted by Crippen LogP contribution is -2.17. The van der Waals surface area contributed by atoms with Gasteiger partial charge in [-0.2, -0.15) is 0 Å². The Bertz CT molecular complexity index is 2760. The van der Waals surface area contributed by atoms with Crippen molar-refractivity contribution in [2.45, 2.75) is 12.8 Å². The third kappa shape index (κ3) is 6.32. The molecule has 0 unspecified atom stereocenters. The highest BCUT2D eigenvalue weighted by molar-refractivity contribution is 6.10. The Hall–Kier alpha value is -7.16. The molecule has 0 atom stereocenters. The predicted octanol–water partition coefficient (Wildman–Crippen LogP) is 14.7. The zero-order chi connectivity index (χ0) is 37.3. The molecule has 56 heavy (non-hydrogen) atoms. The molecule has 0 saturated heterocycles. The maximum Gasteiger partial charge on any atom is 0.0547 e. The van der Waals surface area contributed by atoms with E-state index in [-0.39, 0.29) is 0 Å². The molecule has 1 aliphatic carbocycles. The fraction of sp³-hybridized carbons (Fsp3) is 0.0370. The lowest BCUT2D eigenvalue weighted by molar-refractivity contribution is 0.930. The number of hydrogen-bond donors (Lipinski definition) is 0. The number of benzene rings is 8. The predicted molar refractivity (Wildman–Crippen MR) is 237 cm³/mol. The Morgan fingerprint density at radius 2 is 0.804 bits per heavy atom. The van der Waals surface area contributed by atoms with Crippen molar-refractivity contribution in [3.05, 3.63) is 230 Å². The van der Waals surface area contributed by atoms with E-state index in [1.165, 1.54) is 77.7 Å². The van der Waals surface area contributed by atoms with Crippen LogP contribution in [0, 0.1) is 0 Å². The molecule has 0 saturated carbocycles. The molecular formula is C54H40N2. The van der Waals surface area contributed by atoms with Crippen molar-refractivity contribution < 1.29 is 0 Å². The van der Waals surface area contributed by atoms with E-state index in [0.717, 1.165) is 24.2 Å². The summed E-state index contributed by atoms with van der Waals surface area (Å²) < 4.78 is 2.41. The van der Waals surface area contributed by atoms with Gasteiger partial charge in [-0.15, -0.1) is 0 Å². The van der Waals surface area contributed by atoms with Crippen molar-refractivity contribution in [2.24, 2.45) is 0 Å². The molecule has 1 heterocycles. The molecular weight excluding hydrogens is 677 g/mol. The van der Waals surface area contributed by atoms with Gasteiger partial charge < -0.3 is 9.47 Å². The summed E-state index contributed by atoms with van der Waals surface area (Å²) in [6, 6.07) is 74.6. The summed E-state index contributed by atoms with van der Waals surface area (Å²) in [6.45, 7) is 0. The van der Waals surface area contributed by atoms with Crippen molar-refractivity contribution in [3.8, 4) is 39.1 Å². The maximum absolute atomic E-state index is 2.42. The first-order chi connectivity index (χ1) is 27.8. The van der Waals surface area contributed by atoms with E-state index in [0.29, 0.717) is 0 Å². The molecule has 0 bridgehead atoms. The zero-order valence-electron chi connectivity index (χ0n) is 31.1. The average molecular weight is 717 g/mol. The summed E-state index contributed by atoms with van der Waals surface area (Å²) in [5, 5.41) is 2.54. The van der Waals surface area contributed by atoms with Crippen LogP contribution in [0.2, 0.25) is 0 Å². The van der Waals surface area contributed by atoms with Crippen LogP contribution in [0.5, 0.6) is 0 Å². The van der Waals surface area contributed by atoms with Crippen LogP contribution in [0.3, 0.4) is 0 Å². The van der Waals surface area contributed by atoms with E-state index < -0.39 is 0 Å². The molecule has 0 amide bonds. The molecule has 0 aliphatic heterocycles. The first-order valence-electron chi connectivity index (χ1n) is 19.5. The Balaban J connectivity index is 0.984. The molecule has 1 aliphatic rings. The molecule has 2 nitrogen and oxygen atoms in total. The van der Waals surface area contributed by atoms with E-state index >= 15 is 0 Å². The van der Waals surface area contributed by atoms with Crippen LogP contribution in [0.1, 0.15) is 18.4 Å². The van der Waals surface area contributed by atoms with Gasteiger partial charge in [0.25, 0.3) is 0 Å². The summed E-state index contributed by atoms with van der Waals surface area (Å²) in [5.41, 5.74) is 17.2. The number of anilines is 2. The van der Waals surface area contributed by atoms with Crippen LogP contribution in [0.25, 0.3) is 66.4 Å². The molecule has 8 aromatic carbocycles. The van der Waals surface area contributed by atoms with Crippen molar-refractivity contribution in [1.29, 1.82) is 0 Å². The summed E-state index contributed by atoms with van der Waals surface area (Å²) >= 11 is 0. The van der Waals surface area contributed by atoms with Gasteiger partial charge in [-0.1, -0.05) is 164 Å². The molecule has 0 spiro atoms. The minimum atomic E-state index is 0.934. The molecule has 2 heteroatoms. The van der Waals surface area contributed by atoms with Gasteiger partial charge in [-0.05, 0) is 112 Å². The molecule has 0 fully saturated rings. The normalized spacial score (nSPS) is 12.7. The second-order valence-electron chi connectivity index (χ2n) is 14.5. The Kier molecular flexibility index (Phi) is 8.70. The van der Waals surface area contributed by atoms with Gasteiger partial charge in [0.1, 0.15) is 0 Å². The van der Waals surface area contributed by atoms with Crippen LogP contribution in [-0.2, 0) is 0 Å². The van der Waals surface area contributed by atoms with E-state index in [1.54, 1.807) is 0 Å². The van der Waals surface area contributed by atoms with Gasteiger partial charge in [0.2, 0.25) is 0 Å². The van der Waals surface area contributed by atoms with Crippen LogP contribution in [0.4, 0.5) is 11.4 Å². The minimum absolute atomic E-state index is 0.934. The lowest BCUT2D eigenvalue weighted by atomic mass is 9.94. The summed E-state index contributed by atoms with van der Waals surface area (Å²) in [5.74, 6) is 0. The van der Waals surface area contributed by atoms with E-state index in [1.807, 2.05) is 0 Å². The standard InChI is InChI=1S/C54H40N2/c1-4-12-39(13-5-1)42-20-29-47(30-21-42)55(48-31-22-43(23-32-48)40-14-6-2-7-15-40)49-33-24-44(25-34-49)45-26-35-50(36-27-45)56-53-19-11-10-18-51(53)52-37-28-46(38-54(52)56)41-16-8-3-9-17-41/h1-24,26-33,35-38H,25,34H2. The highest BCUT2D eigenvalue weighted by Crippen LogP contribution is 2.39. The van der Waals surface area contributed by atoms with Crippen LogP contribution >= 0.6 is 0 Å². The molecule has 0 radical (unpaired) electrons. The molecule has 9 aromatic rings. The topological polar surface area (TPSA) is 8.17 Å². The van der Waals surface area contributed by atoms with Crippen molar-refractivity contribution in [1.82, 2.24) is 4.57 Å². The smallest absolute Gasteiger partial charge is 0.0547 e. The van der Waals surface area contributed by atoms with Crippen LogP contribution in [0.15, 0.2) is 224 Å². The number of para-hydroxylation sites is 1. The fourth-order valence-corrected chi connectivity index (χ4v) is 8.28. The second-order valence-corrected chi connectivity index (χ2v) is 14.5. The van der Waals surface area contributed by atoms with Crippen molar-refractivity contribution in [2.75, 3.05) is 4.90 Å². The molecule has 0 N–H and O–H groups in total. The SMILES string of the molecule is C1=C(c2ccc(-n3c4ccccc4c4ccc(-c5ccccc5)cc43)cc2)CCC(N(c2ccc(-c3ccccc3)cc2)c2ccc(-c3ccccc3)cc2)=C1. The maximum atomic E-state index is 2.42. The number of fused-ring (bicyclic) bond motifs is 3. The summed E-state index contributed by atoms with van der Waals surface area (Å²) in [4.78, 5) is 2.42. The van der Waals surface area contributed by atoms with Crippen LogP contribution < -0.4 is 4.90 Å². The van der Waals surface area contributed by atoms with Gasteiger partial charge in [0, 0.05) is 33.5 Å². The van der Waals surface area contributed by atoms with Gasteiger partial charge in [0.05, 0.1) is 11.0 Å². The van der Waals surface area contributed by atoms with Gasteiger partial charge in [0.15, 0.2) is 0 Å². The van der Waals surface area contributed by atoms with Crippen molar-refractivity contribution >= 4 is 38.8 Å². The van der Waals surface area contributed by atoms with E-state index in [2.05, 4.69) is 228 Å². The third-order valence-electron chi connectivity index (χ3n) is 11.2. The van der Waals surface area contributed by atoms with E-state index in [4.69, 9.17) is 0 Å². The van der Waals surface area contributed by atoms with Crippen LogP contribution in [-0.4, -0.2) is 4.57 Å². The summed E-state index contributed by atoms with van der Waals surface area (Å²) in [7, 11) is 0. The molecule has 266 valence electrons. The summed E-state index contributed by atoms with van der Waals surface area (Å²) in [6.07, 6.45) is 6.54. The largest absolute Gasteiger partial charge is 0.314 e. The highest BCUT2D eigenvalue weighted by Gasteiger charge is 2.19. The number of hydrogen-bond acceptors (Lipinski definition) is 1. The number of allylic oxidation sites excluding steroid dienone is 4. The Morgan fingerprint density at radius 3 is 1.36 bits per heavy atom. The van der Waals surface area contributed by atoms with Gasteiger partial charge in [-0.3, -0.25) is 0 Å². The van der Waals surface area contributed by atoms with E-state index in [9.17, 15) is 0 Å². The molecule has 10 rings (SSSR count). The monoisotopic (exact) mass is 716 g/mol. The Morgan fingerprint density at radius 1 is 0.339 bits per heavy atom. The fourth-order valence-electron chi connectivity index (χ4n) is 8.28. The van der Waals surface area contributed by atoms with Gasteiger partial charge in [-0.25, -0.2) is 0 Å². The minimum Gasteiger partial charge on any atom is -0.314 e. The Labute approximate surface area is 328 Å². The number of rotatable bonds is 8. The lowest BCUT2D eigenvalue weighted by Gasteiger charge is -2.30. The zero-order valence-corrected chi connectivity index (χ0v) is 31.1. The first kappa shape index (κ1) is 33.4. The quantitative estimate of drug-likeness (QED) is 0.152. The third-order valence-corrected chi connectivity index (χ3v) is 11.2. The van der Waals surface area contributed by atoms with Crippen molar-refractivity contribution in [3.63, 3.8) is 0 Å². The van der Waals surface area contributed by atoms with Gasteiger partial charge >= 0.3 is 0 Å². The number of nitrogens with zero attached hydrogens (tertiary/aromatic N) is 2. The first-order valence-corrected chi connectivity index (χ1v) is 19.5. The number of aromatic nitrogens is 1. The highest BCUT2D eigenvalue weighted by atomic mass is 15.1.